The summed E-state index contributed by atoms with van der Waals surface area (Å²) in [5.41, 5.74) is 0.338. The third kappa shape index (κ3) is 4.12. The lowest BCUT2D eigenvalue weighted by molar-refractivity contribution is -0.0451. The molecule has 2 heteroatoms. The molecule has 90 valence electrons. The molecule has 0 radical (unpaired) electrons. The Hall–Kier alpha value is -0.0800. The van der Waals surface area contributed by atoms with Crippen molar-refractivity contribution < 1.29 is 4.74 Å². The molecule has 3 unspecified atom stereocenters. The number of hydrogen-bond acceptors (Lipinski definition) is 2. The highest BCUT2D eigenvalue weighted by Gasteiger charge is 2.28. The minimum atomic E-state index is 0.338. The van der Waals surface area contributed by atoms with E-state index in [-0.39, 0.29) is 0 Å². The lowest BCUT2D eigenvalue weighted by atomic mass is 9.86. The van der Waals surface area contributed by atoms with Crippen molar-refractivity contribution in [3.05, 3.63) is 0 Å². The Kier molecular flexibility index (Phi) is 4.19. The summed E-state index contributed by atoms with van der Waals surface area (Å²) >= 11 is 0. The molecule has 0 spiro atoms. The lowest BCUT2D eigenvalue weighted by Crippen LogP contribution is -2.48. The van der Waals surface area contributed by atoms with Crippen LogP contribution in [0.15, 0.2) is 0 Å². The van der Waals surface area contributed by atoms with Gasteiger partial charge in [0.1, 0.15) is 0 Å². The van der Waals surface area contributed by atoms with E-state index in [2.05, 4.69) is 46.9 Å². The van der Waals surface area contributed by atoms with Crippen molar-refractivity contribution >= 4 is 0 Å². The van der Waals surface area contributed by atoms with Gasteiger partial charge in [-0.1, -0.05) is 20.8 Å². The van der Waals surface area contributed by atoms with Gasteiger partial charge in [0.25, 0.3) is 0 Å². The maximum Gasteiger partial charge on any atom is 0.0565 e. The lowest BCUT2D eigenvalue weighted by Gasteiger charge is -2.37. The standard InChI is InChI=1S/C13H27NO/c1-9-7-12(8-10(2)15-9)14-11(3)13(4,5)6/h9-12,14H,7-8H2,1-6H3. The molecule has 2 nitrogen and oxygen atoms in total. The second-order valence-electron chi connectivity index (χ2n) is 6.18. The summed E-state index contributed by atoms with van der Waals surface area (Å²) in [5.74, 6) is 0. The van der Waals surface area contributed by atoms with Gasteiger partial charge in [-0.2, -0.15) is 0 Å². The molecule has 1 aliphatic rings. The molecule has 1 rings (SSSR count). The molecule has 1 saturated heterocycles. The van der Waals surface area contributed by atoms with Crippen LogP contribution in [0, 0.1) is 5.41 Å². The first-order valence-corrected chi connectivity index (χ1v) is 6.20. The fraction of sp³-hybridized carbons (Fsp3) is 1.00. The first-order valence-electron chi connectivity index (χ1n) is 6.20. The van der Waals surface area contributed by atoms with E-state index >= 15 is 0 Å². The van der Waals surface area contributed by atoms with Crippen molar-refractivity contribution in [2.24, 2.45) is 5.41 Å². The van der Waals surface area contributed by atoms with Gasteiger partial charge < -0.3 is 10.1 Å². The zero-order valence-electron chi connectivity index (χ0n) is 11.1. The van der Waals surface area contributed by atoms with E-state index in [9.17, 15) is 0 Å². The number of hydrogen-bond donors (Lipinski definition) is 1. The van der Waals surface area contributed by atoms with E-state index in [1.165, 1.54) is 0 Å². The first kappa shape index (κ1) is 13.0. The summed E-state index contributed by atoms with van der Waals surface area (Å²) in [4.78, 5) is 0. The van der Waals surface area contributed by atoms with E-state index in [1.807, 2.05) is 0 Å². The molecule has 15 heavy (non-hydrogen) atoms. The van der Waals surface area contributed by atoms with Crippen LogP contribution in [0.3, 0.4) is 0 Å². The zero-order valence-corrected chi connectivity index (χ0v) is 11.1. The van der Waals surface area contributed by atoms with Crippen molar-refractivity contribution in [2.45, 2.75) is 78.7 Å². The zero-order chi connectivity index (χ0) is 11.6. The molecule has 0 saturated carbocycles. The Morgan fingerprint density at radius 1 is 1.13 bits per heavy atom. The van der Waals surface area contributed by atoms with Gasteiger partial charge >= 0.3 is 0 Å². The van der Waals surface area contributed by atoms with Crippen molar-refractivity contribution in [3.8, 4) is 0 Å². The summed E-state index contributed by atoms with van der Waals surface area (Å²) in [5, 5.41) is 3.74. The SMILES string of the molecule is CC1CC(NC(C)C(C)(C)C)CC(C)O1. The Balaban J connectivity index is 2.44. The highest BCUT2D eigenvalue weighted by atomic mass is 16.5. The fourth-order valence-electron chi connectivity index (χ4n) is 2.14. The molecule has 0 aliphatic carbocycles. The average Bonchev–Trinajstić information content (AvgIpc) is 1.99. The summed E-state index contributed by atoms with van der Waals surface area (Å²) in [6, 6.07) is 1.18. The third-order valence-electron chi connectivity index (χ3n) is 3.48. The van der Waals surface area contributed by atoms with Crippen LogP contribution in [0.2, 0.25) is 0 Å². The Bertz CT molecular complexity index is 187. The monoisotopic (exact) mass is 213 g/mol. The molecular weight excluding hydrogens is 186 g/mol. The molecule has 0 aromatic rings. The maximum atomic E-state index is 5.74. The van der Waals surface area contributed by atoms with Crippen molar-refractivity contribution in [2.75, 3.05) is 0 Å². The van der Waals surface area contributed by atoms with Crippen LogP contribution in [0.5, 0.6) is 0 Å². The van der Waals surface area contributed by atoms with E-state index < -0.39 is 0 Å². The normalized spacial score (nSPS) is 35.2. The third-order valence-corrected chi connectivity index (χ3v) is 3.48. The highest BCUT2D eigenvalue weighted by molar-refractivity contribution is 4.84. The second kappa shape index (κ2) is 4.84. The minimum Gasteiger partial charge on any atom is -0.375 e. The number of nitrogens with one attached hydrogen (secondary N) is 1. The van der Waals surface area contributed by atoms with Gasteiger partial charge in [0.2, 0.25) is 0 Å². The van der Waals surface area contributed by atoms with Gasteiger partial charge in [-0.05, 0) is 39.0 Å². The van der Waals surface area contributed by atoms with E-state index in [0.717, 1.165) is 12.8 Å². The van der Waals surface area contributed by atoms with Crippen LogP contribution < -0.4 is 5.32 Å². The van der Waals surface area contributed by atoms with Gasteiger partial charge in [0.15, 0.2) is 0 Å². The molecule has 1 fully saturated rings. The summed E-state index contributed by atoms with van der Waals surface area (Å²) in [6.45, 7) is 13.5. The Morgan fingerprint density at radius 3 is 2.00 bits per heavy atom. The van der Waals surface area contributed by atoms with Gasteiger partial charge in [0.05, 0.1) is 12.2 Å². The first-order chi connectivity index (χ1) is 6.79. The number of rotatable bonds is 2. The van der Waals surface area contributed by atoms with E-state index in [4.69, 9.17) is 4.74 Å². The van der Waals surface area contributed by atoms with Crippen LogP contribution in [0.25, 0.3) is 0 Å². The van der Waals surface area contributed by atoms with Crippen LogP contribution >= 0.6 is 0 Å². The van der Waals surface area contributed by atoms with Crippen LogP contribution in [0.4, 0.5) is 0 Å². The van der Waals surface area contributed by atoms with Gasteiger partial charge in [-0.25, -0.2) is 0 Å². The van der Waals surface area contributed by atoms with Crippen LogP contribution in [-0.2, 0) is 4.74 Å². The molecule has 1 heterocycles. The molecule has 0 aromatic heterocycles. The smallest absolute Gasteiger partial charge is 0.0565 e. The summed E-state index contributed by atoms with van der Waals surface area (Å²) in [6.07, 6.45) is 3.09. The van der Waals surface area contributed by atoms with Gasteiger partial charge in [-0.3, -0.25) is 0 Å². The molecule has 0 bridgehead atoms. The van der Waals surface area contributed by atoms with Gasteiger partial charge in [0, 0.05) is 12.1 Å². The molecule has 0 amide bonds. The van der Waals surface area contributed by atoms with Crippen molar-refractivity contribution in [3.63, 3.8) is 0 Å². The summed E-state index contributed by atoms with van der Waals surface area (Å²) < 4.78 is 5.74. The molecule has 1 N–H and O–H groups in total. The fourth-order valence-corrected chi connectivity index (χ4v) is 2.14. The summed E-state index contributed by atoms with van der Waals surface area (Å²) in [7, 11) is 0. The molecule has 0 aromatic carbocycles. The topological polar surface area (TPSA) is 21.3 Å². The van der Waals surface area contributed by atoms with Gasteiger partial charge in [-0.15, -0.1) is 0 Å². The second-order valence-corrected chi connectivity index (χ2v) is 6.18. The van der Waals surface area contributed by atoms with E-state index in [1.54, 1.807) is 0 Å². The van der Waals surface area contributed by atoms with E-state index in [0.29, 0.717) is 29.7 Å². The molecule has 3 atom stereocenters. The highest BCUT2D eigenvalue weighted by Crippen LogP contribution is 2.23. The van der Waals surface area contributed by atoms with Crippen LogP contribution in [-0.4, -0.2) is 24.3 Å². The quantitative estimate of drug-likeness (QED) is 0.761. The Labute approximate surface area is 94.8 Å². The van der Waals surface area contributed by atoms with Crippen LogP contribution in [0.1, 0.15) is 54.4 Å². The average molecular weight is 213 g/mol. The predicted molar refractivity (Wildman–Crippen MR) is 65.1 cm³/mol. The van der Waals surface area contributed by atoms with Crippen molar-refractivity contribution in [1.29, 1.82) is 0 Å². The largest absolute Gasteiger partial charge is 0.375 e. The van der Waals surface area contributed by atoms with Crippen molar-refractivity contribution in [1.82, 2.24) is 5.32 Å². The molecular formula is C13H27NO. The Morgan fingerprint density at radius 2 is 1.60 bits per heavy atom. The maximum absolute atomic E-state index is 5.74. The number of ether oxygens (including phenoxy) is 1. The minimum absolute atomic E-state index is 0.338. The predicted octanol–water partition coefficient (Wildman–Crippen LogP) is 2.97. The molecule has 1 aliphatic heterocycles.